The molecule has 0 aromatic heterocycles. The average molecular weight is 344 g/mol. The molecule has 0 saturated carbocycles. The maximum atomic E-state index is 12.9. The highest BCUT2D eigenvalue weighted by molar-refractivity contribution is 7.89. The molecule has 1 aliphatic rings. The van der Waals surface area contributed by atoms with E-state index in [9.17, 15) is 18.0 Å². The van der Waals surface area contributed by atoms with Gasteiger partial charge in [-0.1, -0.05) is 36.4 Å². The lowest BCUT2D eigenvalue weighted by Gasteiger charge is -2.22. The van der Waals surface area contributed by atoms with E-state index >= 15 is 0 Å². The maximum absolute atomic E-state index is 12.9. The summed E-state index contributed by atoms with van der Waals surface area (Å²) in [6.45, 7) is 1.71. The Kier molecular flexibility index (Phi) is 3.77. The Bertz CT molecular complexity index is 925. The number of benzene rings is 2. The van der Waals surface area contributed by atoms with Crippen LogP contribution in [0.4, 0.5) is 5.69 Å². The Morgan fingerprint density at radius 2 is 1.71 bits per heavy atom. The first kappa shape index (κ1) is 16.4. The van der Waals surface area contributed by atoms with Gasteiger partial charge in [0.1, 0.15) is 0 Å². The predicted octanol–water partition coefficient (Wildman–Crippen LogP) is 1.56. The number of rotatable bonds is 3. The third-order valence-electron chi connectivity index (χ3n) is 4.24. The van der Waals surface area contributed by atoms with Gasteiger partial charge >= 0.3 is 0 Å². The summed E-state index contributed by atoms with van der Waals surface area (Å²) in [5.41, 5.74) is -0.0275. The molecule has 0 spiro atoms. The smallest absolute Gasteiger partial charge is 0.244 e. The fraction of sp³-hybridized carbons (Fsp3) is 0.176. The first-order valence-electron chi connectivity index (χ1n) is 7.29. The van der Waals surface area contributed by atoms with Crippen LogP contribution < -0.4 is 10.0 Å². The molecule has 0 aliphatic carbocycles. The van der Waals surface area contributed by atoms with Crippen molar-refractivity contribution in [2.24, 2.45) is 5.14 Å². The van der Waals surface area contributed by atoms with Crippen LogP contribution in [0.5, 0.6) is 0 Å². The lowest BCUT2D eigenvalue weighted by molar-refractivity contribution is -0.122. The topological polar surface area (TPSA) is 97.5 Å². The Hall–Kier alpha value is -2.51. The first-order valence-corrected chi connectivity index (χ1v) is 8.84. The predicted molar refractivity (Wildman–Crippen MR) is 88.7 cm³/mol. The maximum Gasteiger partial charge on any atom is 0.244 e. The van der Waals surface area contributed by atoms with Gasteiger partial charge in [0, 0.05) is 6.42 Å². The summed E-state index contributed by atoms with van der Waals surface area (Å²) in [5, 5.41) is 5.12. The second kappa shape index (κ2) is 5.54. The number of hydrogen-bond donors (Lipinski definition) is 1. The molecule has 1 aliphatic heterocycles. The zero-order valence-electron chi connectivity index (χ0n) is 13.0. The molecule has 2 aromatic rings. The highest BCUT2D eigenvalue weighted by atomic mass is 32.2. The van der Waals surface area contributed by atoms with Crippen LogP contribution in [-0.2, 0) is 25.0 Å². The molecule has 1 heterocycles. The Morgan fingerprint density at radius 1 is 1.04 bits per heavy atom. The van der Waals surface area contributed by atoms with Gasteiger partial charge in [0.05, 0.1) is 16.0 Å². The van der Waals surface area contributed by atoms with Crippen LogP contribution >= 0.6 is 0 Å². The number of imide groups is 1. The Balaban J connectivity index is 2.05. The largest absolute Gasteiger partial charge is 0.274 e. The lowest BCUT2D eigenvalue weighted by atomic mass is 9.81. The summed E-state index contributed by atoms with van der Waals surface area (Å²) in [5.74, 6) is -0.761. The van der Waals surface area contributed by atoms with Crippen molar-refractivity contribution in [1.29, 1.82) is 0 Å². The van der Waals surface area contributed by atoms with Crippen LogP contribution in [0.2, 0.25) is 0 Å². The number of nitrogens with two attached hydrogens (primary N) is 1. The second-order valence-electron chi connectivity index (χ2n) is 5.95. The van der Waals surface area contributed by atoms with Crippen LogP contribution in [-0.4, -0.2) is 20.2 Å². The van der Waals surface area contributed by atoms with Gasteiger partial charge in [0.15, 0.2) is 0 Å². The molecule has 1 fully saturated rings. The minimum Gasteiger partial charge on any atom is -0.274 e. The first-order chi connectivity index (χ1) is 11.2. The third-order valence-corrected chi connectivity index (χ3v) is 5.16. The van der Waals surface area contributed by atoms with Gasteiger partial charge in [-0.15, -0.1) is 0 Å². The molecule has 2 aromatic carbocycles. The fourth-order valence-corrected chi connectivity index (χ4v) is 3.46. The Morgan fingerprint density at radius 3 is 2.33 bits per heavy atom. The summed E-state index contributed by atoms with van der Waals surface area (Å²) in [6.07, 6.45) is 0.0233. The lowest BCUT2D eigenvalue weighted by Crippen LogP contribution is -2.36. The van der Waals surface area contributed by atoms with Crippen molar-refractivity contribution in [3.05, 3.63) is 60.2 Å². The van der Waals surface area contributed by atoms with Crippen LogP contribution in [0.15, 0.2) is 59.5 Å². The van der Waals surface area contributed by atoms with Crippen molar-refractivity contribution >= 4 is 27.5 Å². The number of sulfonamides is 1. The minimum atomic E-state index is -3.92. The van der Waals surface area contributed by atoms with E-state index in [4.69, 9.17) is 5.14 Å². The third kappa shape index (κ3) is 2.61. The summed E-state index contributed by atoms with van der Waals surface area (Å²) in [4.78, 5) is 26.3. The molecular weight excluding hydrogens is 328 g/mol. The van der Waals surface area contributed by atoms with Gasteiger partial charge in [-0.05, 0) is 30.7 Å². The van der Waals surface area contributed by atoms with Crippen LogP contribution in [0.1, 0.15) is 18.9 Å². The molecule has 0 bridgehead atoms. The second-order valence-corrected chi connectivity index (χ2v) is 7.51. The van der Waals surface area contributed by atoms with E-state index in [-0.39, 0.29) is 28.8 Å². The molecule has 124 valence electrons. The number of nitrogens with zero attached hydrogens (tertiary/aromatic N) is 1. The standard InChI is InChI=1S/C17H16N2O4S/c1-17(12-6-3-2-4-7-12)11-15(20)19(16(17)21)13-8-5-9-14(10-13)24(18,22)23/h2-10H,11H2,1H3,(H2,18,22,23). The van der Waals surface area contributed by atoms with Crippen molar-refractivity contribution in [3.63, 3.8) is 0 Å². The Labute approximate surface area is 139 Å². The van der Waals surface area contributed by atoms with Gasteiger partial charge in [-0.3, -0.25) is 9.59 Å². The molecular formula is C17H16N2O4S. The molecule has 1 atom stereocenters. The van der Waals surface area contributed by atoms with Gasteiger partial charge in [0.25, 0.3) is 0 Å². The highest BCUT2D eigenvalue weighted by Gasteiger charge is 2.49. The van der Waals surface area contributed by atoms with E-state index < -0.39 is 15.4 Å². The molecule has 1 unspecified atom stereocenters. The van der Waals surface area contributed by atoms with E-state index in [1.54, 1.807) is 19.1 Å². The van der Waals surface area contributed by atoms with Gasteiger partial charge in [-0.25, -0.2) is 18.5 Å². The molecule has 0 radical (unpaired) electrons. The zero-order chi connectivity index (χ0) is 17.5. The number of hydrogen-bond acceptors (Lipinski definition) is 4. The summed E-state index contributed by atoms with van der Waals surface area (Å²) in [7, 11) is -3.92. The van der Waals surface area contributed by atoms with Crippen molar-refractivity contribution in [2.45, 2.75) is 23.7 Å². The van der Waals surface area contributed by atoms with E-state index in [0.29, 0.717) is 0 Å². The summed E-state index contributed by atoms with van der Waals surface area (Å²) >= 11 is 0. The van der Waals surface area contributed by atoms with E-state index in [2.05, 4.69) is 0 Å². The fourth-order valence-electron chi connectivity index (χ4n) is 2.91. The van der Waals surface area contributed by atoms with Crippen molar-refractivity contribution in [2.75, 3.05) is 4.90 Å². The van der Waals surface area contributed by atoms with Crippen LogP contribution in [0.25, 0.3) is 0 Å². The molecule has 3 rings (SSSR count). The molecule has 7 heteroatoms. The highest BCUT2D eigenvalue weighted by Crippen LogP contribution is 2.38. The number of carbonyl (C=O) groups excluding carboxylic acids is 2. The number of amides is 2. The van der Waals surface area contributed by atoms with Crippen LogP contribution in [0, 0.1) is 0 Å². The molecule has 24 heavy (non-hydrogen) atoms. The van der Waals surface area contributed by atoms with Crippen LogP contribution in [0.3, 0.4) is 0 Å². The van der Waals surface area contributed by atoms with E-state index in [1.807, 2.05) is 18.2 Å². The van der Waals surface area contributed by atoms with Crippen molar-refractivity contribution in [3.8, 4) is 0 Å². The van der Waals surface area contributed by atoms with E-state index in [0.717, 1.165) is 10.5 Å². The van der Waals surface area contributed by atoms with Crippen molar-refractivity contribution in [1.82, 2.24) is 0 Å². The quantitative estimate of drug-likeness (QED) is 0.854. The monoisotopic (exact) mass is 344 g/mol. The average Bonchev–Trinajstić information content (AvgIpc) is 2.78. The molecule has 1 saturated heterocycles. The van der Waals surface area contributed by atoms with E-state index in [1.165, 1.54) is 24.3 Å². The molecule has 2 amide bonds. The zero-order valence-corrected chi connectivity index (χ0v) is 13.8. The normalized spacial score (nSPS) is 21.3. The SMILES string of the molecule is CC1(c2ccccc2)CC(=O)N(c2cccc(S(N)(=O)=O)c2)C1=O. The number of anilines is 1. The number of carbonyl (C=O) groups is 2. The number of primary sulfonamides is 1. The summed E-state index contributed by atoms with van der Waals surface area (Å²) < 4.78 is 23.0. The van der Waals surface area contributed by atoms with Gasteiger partial charge in [0.2, 0.25) is 21.8 Å². The summed E-state index contributed by atoms with van der Waals surface area (Å²) in [6, 6.07) is 14.6. The van der Waals surface area contributed by atoms with Gasteiger partial charge < -0.3 is 0 Å². The molecule has 2 N–H and O–H groups in total. The van der Waals surface area contributed by atoms with Gasteiger partial charge in [-0.2, -0.15) is 0 Å². The molecule has 6 nitrogen and oxygen atoms in total. The van der Waals surface area contributed by atoms with Crippen molar-refractivity contribution < 1.29 is 18.0 Å². The minimum absolute atomic E-state index is 0.0233.